The molecule has 1 aliphatic heterocycles. The first-order valence-corrected chi connectivity index (χ1v) is 15.0. The lowest BCUT2D eigenvalue weighted by atomic mass is 9.77. The zero-order valence-corrected chi connectivity index (χ0v) is 22.6. The van der Waals surface area contributed by atoms with Crippen LogP contribution in [0.15, 0.2) is 12.1 Å². The summed E-state index contributed by atoms with van der Waals surface area (Å²) in [6.07, 6.45) is -5.44. The third-order valence-corrected chi connectivity index (χ3v) is 12.8. The van der Waals surface area contributed by atoms with E-state index in [1.54, 1.807) is 0 Å². The Balaban J connectivity index is 1.81. The highest BCUT2D eigenvalue weighted by atomic mass is 28.4. The molecule has 1 aromatic rings. The van der Waals surface area contributed by atoms with Gasteiger partial charge in [0.05, 0.1) is 6.61 Å². The van der Waals surface area contributed by atoms with Crippen LogP contribution in [0.2, 0.25) is 18.1 Å². The normalized spacial score (nSPS) is 31.3. The molecule has 1 saturated heterocycles. The van der Waals surface area contributed by atoms with Crippen molar-refractivity contribution in [3.8, 4) is 5.75 Å². The molecule has 11 heteroatoms. The Morgan fingerprint density at radius 3 is 2.28 bits per heavy atom. The standard InChI is InChI=1S/C25H35F5O5Si/c1-13-18(21(22(31)32)34-24(13,5)25(28,29)30)16-8-9-17(26)19(27)20(16)33-12-14-10-15(11-14)35-36(6,7)23(2,3)4/h8-9,13-15,18,21H,10-12H2,1-7H3,(H,31,32)/t13?,14?,15?,18?,21-,24?/m1/s1. The zero-order chi connectivity index (χ0) is 27.4. The van der Waals surface area contributed by atoms with Crippen LogP contribution in [0.25, 0.3) is 0 Å². The molecule has 0 aromatic heterocycles. The second-order valence-electron chi connectivity index (χ2n) is 11.7. The summed E-state index contributed by atoms with van der Waals surface area (Å²) in [5, 5.41) is 9.65. The van der Waals surface area contributed by atoms with Crippen molar-refractivity contribution in [3.63, 3.8) is 0 Å². The predicted octanol–water partition coefficient (Wildman–Crippen LogP) is 6.67. The van der Waals surface area contributed by atoms with E-state index < -0.39 is 61.4 Å². The van der Waals surface area contributed by atoms with E-state index >= 15 is 0 Å². The van der Waals surface area contributed by atoms with Gasteiger partial charge in [0.25, 0.3) is 0 Å². The fourth-order valence-electron chi connectivity index (χ4n) is 4.67. The van der Waals surface area contributed by atoms with Gasteiger partial charge in [-0.05, 0) is 49.9 Å². The molecule has 1 N–H and O–H groups in total. The summed E-state index contributed by atoms with van der Waals surface area (Å²) in [6.45, 7) is 12.7. The molecule has 1 aliphatic carbocycles. The third kappa shape index (κ3) is 5.15. The number of aliphatic carboxylic acids is 1. The van der Waals surface area contributed by atoms with Gasteiger partial charge in [-0.3, -0.25) is 0 Å². The van der Waals surface area contributed by atoms with Crippen LogP contribution < -0.4 is 4.74 Å². The summed E-state index contributed by atoms with van der Waals surface area (Å²) in [7, 11) is -1.96. The summed E-state index contributed by atoms with van der Waals surface area (Å²) in [5.74, 6) is -7.62. The van der Waals surface area contributed by atoms with E-state index in [0.717, 1.165) is 19.1 Å². The minimum atomic E-state index is -4.88. The number of carbonyl (C=O) groups is 1. The van der Waals surface area contributed by atoms with Crippen molar-refractivity contribution in [2.75, 3.05) is 6.61 Å². The molecule has 5 nitrogen and oxygen atoms in total. The summed E-state index contributed by atoms with van der Waals surface area (Å²) in [5.41, 5.74) is -2.94. The van der Waals surface area contributed by atoms with Crippen molar-refractivity contribution in [2.24, 2.45) is 11.8 Å². The van der Waals surface area contributed by atoms with E-state index in [1.165, 1.54) is 6.92 Å². The van der Waals surface area contributed by atoms with E-state index in [0.29, 0.717) is 12.8 Å². The van der Waals surface area contributed by atoms with Crippen molar-refractivity contribution >= 4 is 14.3 Å². The van der Waals surface area contributed by atoms with Gasteiger partial charge in [0.1, 0.15) is 0 Å². The van der Waals surface area contributed by atoms with Gasteiger partial charge in [0.2, 0.25) is 5.82 Å². The number of hydrogen-bond acceptors (Lipinski definition) is 4. The Hall–Kier alpha value is -1.72. The number of carboxylic acids is 1. The first-order valence-electron chi connectivity index (χ1n) is 12.1. The highest BCUT2D eigenvalue weighted by molar-refractivity contribution is 6.74. The van der Waals surface area contributed by atoms with Crippen molar-refractivity contribution < 1.29 is 45.8 Å². The fraction of sp³-hybridized carbons (Fsp3) is 0.720. The first kappa shape index (κ1) is 28.8. The van der Waals surface area contributed by atoms with Gasteiger partial charge in [0, 0.05) is 23.5 Å². The number of hydrogen-bond donors (Lipinski definition) is 1. The van der Waals surface area contributed by atoms with Crippen molar-refractivity contribution in [1.29, 1.82) is 0 Å². The molecule has 3 rings (SSSR count). The number of rotatable bonds is 7. The van der Waals surface area contributed by atoms with Crippen LogP contribution >= 0.6 is 0 Å². The predicted molar refractivity (Wildman–Crippen MR) is 126 cm³/mol. The van der Waals surface area contributed by atoms with Gasteiger partial charge in [-0.15, -0.1) is 0 Å². The monoisotopic (exact) mass is 538 g/mol. The van der Waals surface area contributed by atoms with Gasteiger partial charge in [0.15, 0.2) is 31.6 Å². The summed E-state index contributed by atoms with van der Waals surface area (Å²) >= 11 is 0. The summed E-state index contributed by atoms with van der Waals surface area (Å²) in [6, 6.07) is 1.85. The summed E-state index contributed by atoms with van der Waals surface area (Å²) in [4.78, 5) is 11.8. The highest BCUT2D eigenvalue weighted by Crippen LogP contribution is 2.55. The zero-order valence-electron chi connectivity index (χ0n) is 21.6. The Kier molecular flexibility index (Phi) is 7.64. The number of carboxylic acid groups (broad SMARTS) is 1. The van der Waals surface area contributed by atoms with Crippen LogP contribution in [0, 0.1) is 23.5 Å². The maximum absolute atomic E-state index is 14.9. The molecule has 1 aromatic carbocycles. The van der Waals surface area contributed by atoms with E-state index in [4.69, 9.17) is 13.9 Å². The smallest absolute Gasteiger partial charge is 0.417 e. The maximum Gasteiger partial charge on any atom is 0.417 e. The van der Waals surface area contributed by atoms with Crippen LogP contribution in [0.3, 0.4) is 0 Å². The van der Waals surface area contributed by atoms with Crippen LogP contribution in [0.4, 0.5) is 22.0 Å². The van der Waals surface area contributed by atoms with E-state index in [-0.39, 0.29) is 29.2 Å². The number of alkyl halides is 3. The Morgan fingerprint density at radius 1 is 1.19 bits per heavy atom. The summed E-state index contributed by atoms with van der Waals surface area (Å²) < 4.78 is 87.4. The SMILES string of the molecule is CC1C(c2ccc(F)c(F)c2OCC2CC(O[Si](C)(C)C(C)(C)C)C2)[C@H](C(=O)O)OC1(C)C(F)(F)F. The molecule has 3 unspecified atom stereocenters. The minimum Gasteiger partial charge on any atom is -0.490 e. The van der Waals surface area contributed by atoms with E-state index in [9.17, 15) is 31.9 Å². The molecule has 0 amide bonds. The molecular weight excluding hydrogens is 503 g/mol. The Labute approximate surface area is 209 Å². The average molecular weight is 539 g/mol. The molecule has 204 valence electrons. The fourth-order valence-corrected chi connectivity index (χ4v) is 6.05. The van der Waals surface area contributed by atoms with Crippen LogP contribution in [-0.2, 0) is 14.0 Å². The second kappa shape index (κ2) is 9.54. The number of ether oxygens (including phenoxy) is 2. The number of halogens is 5. The van der Waals surface area contributed by atoms with Crippen LogP contribution in [0.5, 0.6) is 5.75 Å². The minimum absolute atomic E-state index is 0.000962. The second-order valence-corrected chi connectivity index (χ2v) is 16.5. The molecule has 0 radical (unpaired) electrons. The lowest BCUT2D eigenvalue weighted by Crippen LogP contribution is -2.48. The Morgan fingerprint density at radius 2 is 1.78 bits per heavy atom. The molecular formula is C25H35F5O5Si. The number of benzene rings is 1. The molecule has 1 heterocycles. The van der Waals surface area contributed by atoms with Crippen molar-refractivity contribution in [2.45, 2.75) is 95.5 Å². The topological polar surface area (TPSA) is 65.0 Å². The first-order chi connectivity index (χ1) is 16.3. The molecule has 2 aliphatic rings. The highest BCUT2D eigenvalue weighted by Gasteiger charge is 2.66. The quantitative estimate of drug-likeness (QED) is 0.310. The third-order valence-electron chi connectivity index (χ3n) is 8.27. The van der Waals surface area contributed by atoms with Crippen molar-refractivity contribution in [3.05, 3.63) is 29.3 Å². The molecule has 1 saturated carbocycles. The van der Waals surface area contributed by atoms with Gasteiger partial charge in [-0.2, -0.15) is 17.6 Å². The molecule has 0 bridgehead atoms. The lowest BCUT2D eigenvalue weighted by Gasteiger charge is -2.44. The van der Waals surface area contributed by atoms with E-state index in [2.05, 4.69) is 33.9 Å². The van der Waals surface area contributed by atoms with E-state index in [1.807, 2.05) is 0 Å². The lowest BCUT2D eigenvalue weighted by molar-refractivity contribution is -0.273. The van der Waals surface area contributed by atoms with Gasteiger partial charge < -0.3 is 19.0 Å². The van der Waals surface area contributed by atoms with Gasteiger partial charge >= 0.3 is 12.1 Å². The van der Waals surface area contributed by atoms with Gasteiger partial charge in [-0.1, -0.05) is 33.8 Å². The maximum atomic E-state index is 14.9. The molecule has 36 heavy (non-hydrogen) atoms. The average Bonchev–Trinajstić information content (AvgIpc) is 2.98. The van der Waals surface area contributed by atoms with Crippen LogP contribution in [-0.4, -0.2) is 50.0 Å². The van der Waals surface area contributed by atoms with Crippen LogP contribution in [0.1, 0.15) is 58.9 Å². The largest absolute Gasteiger partial charge is 0.490 e. The molecule has 2 fully saturated rings. The molecule has 0 spiro atoms. The Bertz CT molecular complexity index is 986. The van der Waals surface area contributed by atoms with Crippen molar-refractivity contribution in [1.82, 2.24) is 0 Å². The molecule has 4 atom stereocenters. The van der Waals surface area contributed by atoms with Gasteiger partial charge in [-0.25, -0.2) is 9.18 Å².